The number of likely N-dealkylation sites (tertiary alicyclic amines) is 1. The maximum atomic E-state index is 12.5. The normalized spacial score (nSPS) is 26.8. The van der Waals surface area contributed by atoms with Crippen molar-refractivity contribution in [1.29, 1.82) is 0 Å². The van der Waals surface area contributed by atoms with Gasteiger partial charge in [0.15, 0.2) is 6.30 Å². The molecular formula is C5H9FN2O. The van der Waals surface area contributed by atoms with E-state index in [4.69, 9.17) is 5.73 Å². The molecule has 2 N–H and O–H groups in total. The van der Waals surface area contributed by atoms with Crippen LogP contribution in [0.2, 0.25) is 0 Å². The lowest BCUT2D eigenvalue weighted by atomic mass is 10.4. The van der Waals surface area contributed by atoms with Crippen molar-refractivity contribution in [3.05, 3.63) is 0 Å². The fraction of sp³-hybridized carbons (Fsp3) is 0.800. The van der Waals surface area contributed by atoms with Crippen LogP contribution in [0.15, 0.2) is 0 Å². The molecule has 9 heavy (non-hydrogen) atoms. The molecule has 4 heteroatoms. The summed E-state index contributed by atoms with van der Waals surface area (Å²) in [7, 11) is 0. The average Bonchev–Trinajstić information content (AvgIpc) is 2.13. The summed E-state index contributed by atoms with van der Waals surface area (Å²) < 4.78 is 12.5. The molecule has 1 rings (SSSR count). The number of carbonyl (C=O) groups is 1. The lowest BCUT2D eigenvalue weighted by Crippen LogP contribution is -2.37. The number of hydrogen-bond donors (Lipinski definition) is 1. The highest BCUT2D eigenvalue weighted by Gasteiger charge is 2.25. The minimum absolute atomic E-state index is 0.433. The Morgan fingerprint density at radius 3 is 2.67 bits per heavy atom. The molecule has 0 saturated carbocycles. The lowest BCUT2D eigenvalue weighted by Gasteiger charge is -2.14. The zero-order valence-electron chi connectivity index (χ0n) is 5.01. The van der Waals surface area contributed by atoms with Gasteiger partial charge in [0.25, 0.3) is 0 Å². The Labute approximate surface area is 52.6 Å². The van der Waals surface area contributed by atoms with Crippen LogP contribution in [-0.4, -0.2) is 23.8 Å². The van der Waals surface area contributed by atoms with Gasteiger partial charge in [-0.15, -0.1) is 0 Å². The molecule has 1 aliphatic heterocycles. The number of nitrogens with zero attached hydrogens (tertiary/aromatic N) is 1. The molecule has 0 aromatic carbocycles. The average molecular weight is 132 g/mol. The van der Waals surface area contributed by atoms with Crippen molar-refractivity contribution in [3.8, 4) is 0 Å². The number of nitrogens with two attached hydrogens (primary N) is 1. The van der Waals surface area contributed by atoms with E-state index in [1.54, 1.807) is 0 Å². The monoisotopic (exact) mass is 132 g/mol. The second kappa shape index (κ2) is 2.21. The summed E-state index contributed by atoms with van der Waals surface area (Å²) in [5, 5.41) is 0. The third-order valence-corrected chi connectivity index (χ3v) is 1.46. The van der Waals surface area contributed by atoms with Crippen molar-refractivity contribution in [3.63, 3.8) is 0 Å². The van der Waals surface area contributed by atoms with Crippen molar-refractivity contribution >= 4 is 6.03 Å². The number of rotatable bonds is 0. The van der Waals surface area contributed by atoms with E-state index in [0.717, 1.165) is 11.3 Å². The van der Waals surface area contributed by atoms with E-state index < -0.39 is 12.3 Å². The lowest BCUT2D eigenvalue weighted by molar-refractivity contribution is 0.145. The van der Waals surface area contributed by atoms with Crippen LogP contribution in [0.25, 0.3) is 0 Å². The zero-order chi connectivity index (χ0) is 6.85. The predicted molar refractivity (Wildman–Crippen MR) is 30.4 cm³/mol. The molecular weight excluding hydrogens is 123 g/mol. The maximum Gasteiger partial charge on any atom is 0.317 e. The van der Waals surface area contributed by atoms with Crippen molar-refractivity contribution in [2.45, 2.75) is 19.1 Å². The van der Waals surface area contributed by atoms with Gasteiger partial charge in [0, 0.05) is 6.54 Å². The smallest absolute Gasteiger partial charge is 0.317 e. The fourth-order valence-electron chi connectivity index (χ4n) is 0.974. The van der Waals surface area contributed by atoms with Gasteiger partial charge in [-0.3, -0.25) is 4.90 Å². The second-order valence-corrected chi connectivity index (χ2v) is 2.11. The Bertz CT molecular complexity index is 128. The number of alkyl halides is 1. The molecule has 1 unspecified atom stereocenters. The van der Waals surface area contributed by atoms with Gasteiger partial charge in [-0.25, -0.2) is 9.18 Å². The number of amides is 2. The summed E-state index contributed by atoms with van der Waals surface area (Å²) in [5.41, 5.74) is 4.84. The first-order valence-corrected chi connectivity index (χ1v) is 2.92. The Kier molecular flexibility index (Phi) is 1.55. The second-order valence-electron chi connectivity index (χ2n) is 2.11. The molecule has 0 bridgehead atoms. The molecule has 3 nitrogen and oxygen atoms in total. The summed E-state index contributed by atoms with van der Waals surface area (Å²) in [6, 6.07) is -0.653. The van der Waals surface area contributed by atoms with Gasteiger partial charge in [0.1, 0.15) is 0 Å². The van der Waals surface area contributed by atoms with E-state index in [2.05, 4.69) is 0 Å². The Balaban J connectivity index is 2.49. The number of hydrogen-bond acceptors (Lipinski definition) is 1. The van der Waals surface area contributed by atoms with Crippen molar-refractivity contribution in [2.24, 2.45) is 5.73 Å². The van der Waals surface area contributed by atoms with Crippen LogP contribution in [0.4, 0.5) is 9.18 Å². The Morgan fingerprint density at radius 1 is 1.78 bits per heavy atom. The van der Waals surface area contributed by atoms with Crippen LogP contribution in [-0.2, 0) is 0 Å². The molecule has 1 heterocycles. The van der Waals surface area contributed by atoms with Crippen LogP contribution < -0.4 is 5.73 Å². The number of primary amides is 1. The third-order valence-electron chi connectivity index (χ3n) is 1.46. The van der Waals surface area contributed by atoms with Crippen LogP contribution >= 0.6 is 0 Å². The molecule has 0 aromatic rings. The molecule has 0 aliphatic carbocycles. The first-order valence-electron chi connectivity index (χ1n) is 2.92. The number of halogens is 1. The number of carbonyl (C=O) groups excluding carboxylic acids is 1. The standard InChI is InChI=1S/C5H9FN2O/c6-4-2-1-3-8(4)5(7)9/h4H,1-3H2,(H2,7,9). The van der Waals surface area contributed by atoms with Crippen molar-refractivity contribution < 1.29 is 9.18 Å². The summed E-state index contributed by atoms with van der Waals surface area (Å²) in [4.78, 5) is 11.4. The van der Waals surface area contributed by atoms with Gasteiger partial charge in [-0.1, -0.05) is 0 Å². The van der Waals surface area contributed by atoms with E-state index in [0.29, 0.717) is 13.0 Å². The maximum absolute atomic E-state index is 12.5. The van der Waals surface area contributed by atoms with E-state index in [1.165, 1.54) is 0 Å². The molecule has 1 saturated heterocycles. The highest BCUT2D eigenvalue weighted by atomic mass is 19.1. The first kappa shape index (κ1) is 6.32. The minimum atomic E-state index is -1.14. The van der Waals surface area contributed by atoms with Gasteiger partial charge in [-0.2, -0.15) is 0 Å². The van der Waals surface area contributed by atoms with Gasteiger partial charge < -0.3 is 5.73 Å². The van der Waals surface area contributed by atoms with Gasteiger partial charge in [0.05, 0.1) is 0 Å². The predicted octanol–water partition coefficient (Wildman–Crippen LogP) is 0.456. The van der Waals surface area contributed by atoms with Crippen LogP contribution in [0.1, 0.15) is 12.8 Å². The summed E-state index contributed by atoms with van der Waals surface area (Å²) in [6.45, 7) is 0.469. The molecule has 0 radical (unpaired) electrons. The Hall–Kier alpha value is -0.800. The SMILES string of the molecule is NC(=O)N1CCCC1F. The summed E-state index contributed by atoms with van der Waals surface area (Å²) in [6.07, 6.45) is 0.0232. The number of urea groups is 1. The van der Waals surface area contributed by atoms with Gasteiger partial charge in [0.2, 0.25) is 0 Å². The van der Waals surface area contributed by atoms with Gasteiger partial charge in [-0.05, 0) is 12.8 Å². The quantitative estimate of drug-likeness (QED) is 0.478. The van der Waals surface area contributed by atoms with Crippen LogP contribution in [0.3, 0.4) is 0 Å². The van der Waals surface area contributed by atoms with E-state index >= 15 is 0 Å². The van der Waals surface area contributed by atoms with E-state index in [-0.39, 0.29) is 0 Å². The zero-order valence-corrected chi connectivity index (χ0v) is 5.01. The molecule has 2 amide bonds. The molecule has 1 fully saturated rings. The topological polar surface area (TPSA) is 46.3 Å². The molecule has 1 aliphatic rings. The molecule has 0 aromatic heterocycles. The first-order chi connectivity index (χ1) is 4.22. The third kappa shape index (κ3) is 1.12. The van der Waals surface area contributed by atoms with Crippen LogP contribution in [0, 0.1) is 0 Å². The van der Waals surface area contributed by atoms with E-state index in [1.807, 2.05) is 0 Å². The minimum Gasteiger partial charge on any atom is -0.351 e. The molecule has 1 atom stereocenters. The van der Waals surface area contributed by atoms with E-state index in [9.17, 15) is 9.18 Å². The van der Waals surface area contributed by atoms with Crippen molar-refractivity contribution in [1.82, 2.24) is 4.90 Å². The molecule has 0 spiro atoms. The summed E-state index contributed by atoms with van der Waals surface area (Å²) in [5.74, 6) is 0. The van der Waals surface area contributed by atoms with Crippen LogP contribution in [0.5, 0.6) is 0 Å². The fourth-order valence-corrected chi connectivity index (χ4v) is 0.974. The van der Waals surface area contributed by atoms with Gasteiger partial charge >= 0.3 is 6.03 Å². The molecule has 52 valence electrons. The largest absolute Gasteiger partial charge is 0.351 e. The highest BCUT2D eigenvalue weighted by Crippen LogP contribution is 2.16. The summed E-state index contributed by atoms with van der Waals surface area (Å²) >= 11 is 0. The highest BCUT2D eigenvalue weighted by molar-refractivity contribution is 5.72. The van der Waals surface area contributed by atoms with Crippen molar-refractivity contribution in [2.75, 3.05) is 6.54 Å². The Morgan fingerprint density at radius 2 is 2.44 bits per heavy atom.